The van der Waals surface area contributed by atoms with Gasteiger partial charge in [0.05, 0.1) is 11.3 Å². The molecule has 3 N–H and O–H groups in total. The zero-order chi connectivity index (χ0) is 13.8. The van der Waals surface area contributed by atoms with Crippen molar-refractivity contribution in [3.63, 3.8) is 0 Å². The molecule has 0 heterocycles. The molecular formula is C14H20ClN3O. The zero-order valence-corrected chi connectivity index (χ0v) is 11.9. The first kappa shape index (κ1) is 14.2. The second-order valence-electron chi connectivity index (χ2n) is 5.17. The lowest BCUT2D eigenvalue weighted by Gasteiger charge is -2.22. The number of nitrogens with two attached hydrogens (primary N) is 1. The van der Waals surface area contributed by atoms with Crippen LogP contribution < -0.4 is 11.3 Å². The Morgan fingerprint density at radius 1 is 1.47 bits per heavy atom. The Bertz CT molecular complexity index is 458. The van der Waals surface area contributed by atoms with Gasteiger partial charge in [0.1, 0.15) is 0 Å². The minimum atomic E-state index is -0.0395. The van der Waals surface area contributed by atoms with E-state index >= 15 is 0 Å². The van der Waals surface area contributed by atoms with Crippen molar-refractivity contribution < 1.29 is 4.79 Å². The number of hydrazine groups is 1. The molecule has 0 radical (unpaired) electrons. The van der Waals surface area contributed by atoms with Crippen molar-refractivity contribution in [2.45, 2.75) is 25.7 Å². The van der Waals surface area contributed by atoms with E-state index in [0.29, 0.717) is 22.2 Å². The molecule has 0 atom stereocenters. The minimum absolute atomic E-state index is 0.0395. The molecule has 2 rings (SSSR count). The maximum atomic E-state index is 12.4. The number of anilines is 1. The van der Waals surface area contributed by atoms with Gasteiger partial charge < -0.3 is 10.3 Å². The molecule has 0 aliphatic heterocycles. The first-order valence-corrected chi connectivity index (χ1v) is 7.01. The molecule has 0 saturated heterocycles. The number of carbonyl (C=O) groups excluding carboxylic acids is 1. The molecule has 0 unspecified atom stereocenters. The zero-order valence-electron chi connectivity index (χ0n) is 11.2. The van der Waals surface area contributed by atoms with Gasteiger partial charge >= 0.3 is 0 Å². The molecule has 0 spiro atoms. The van der Waals surface area contributed by atoms with Crippen molar-refractivity contribution >= 4 is 23.2 Å². The second kappa shape index (κ2) is 6.26. The molecule has 19 heavy (non-hydrogen) atoms. The Kier molecular flexibility index (Phi) is 4.66. The molecule has 1 aliphatic carbocycles. The minimum Gasteiger partial charge on any atom is -0.341 e. The maximum Gasteiger partial charge on any atom is 0.255 e. The van der Waals surface area contributed by atoms with E-state index < -0.39 is 0 Å². The standard InChI is InChI=1S/C14H20ClN3O/c1-18(9-10-4-2-3-5-10)14(19)12-8-11(15)6-7-13(12)17-16/h6-8,10,17H,2-5,9,16H2,1H3. The van der Waals surface area contributed by atoms with Crippen molar-refractivity contribution in [2.24, 2.45) is 11.8 Å². The number of nitrogens with one attached hydrogen (secondary N) is 1. The van der Waals surface area contributed by atoms with Crippen molar-refractivity contribution in [1.29, 1.82) is 0 Å². The quantitative estimate of drug-likeness (QED) is 0.659. The van der Waals surface area contributed by atoms with Crippen molar-refractivity contribution in [3.8, 4) is 0 Å². The van der Waals surface area contributed by atoms with Gasteiger partial charge in [-0.25, -0.2) is 0 Å². The van der Waals surface area contributed by atoms with E-state index in [1.165, 1.54) is 25.7 Å². The molecule has 1 aromatic rings. The van der Waals surface area contributed by atoms with Crippen LogP contribution in [-0.2, 0) is 0 Å². The fraction of sp³-hybridized carbons (Fsp3) is 0.500. The number of amides is 1. The molecule has 5 heteroatoms. The van der Waals surface area contributed by atoms with Gasteiger partial charge in [0.25, 0.3) is 5.91 Å². The molecule has 1 amide bonds. The predicted octanol–water partition coefficient (Wildman–Crippen LogP) is 2.89. The lowest BCUT2D eigenvalue weighted by Crippen LogP contribution is -2.32. The summed E-state index contributed by atoms with van der Waals surface area (Å²) in [6.45, 7) is 0.801. The Morgan fingerprint density at radius 2 is 2.16 bits per heavy atom. The smallest absolute Gasteiger partial charge is 0.255 e. The van der Waals surface area contributed by atoms with Crippen molar-refractivity contribution in [2.75, 3.05) is 19.0 Å². The highest BCUT2D eigenvalue weighted by Gasteiger charge is 2.21. The summed E-state index contributed by atoms with van der Waals surface area (Å²) in [7, 11) is 1.84. The molecule has 1 aromatic carbocycles. The summed E-state index contributed by atoms with van der Waals surface area (Å²) in [5, 5.41) is 0.539. The molecule has 0 aromatic heterocycles. The lowest BCUT2D eigenvalue weighted by molar-refractivity contribution is 0.0774. The summed E-state index contributed by atoms with van der Waals surface area (Å²) in [5.41, 5.74) is 3.67. The van der Waals surface area contributed by atoms with Gasteiger partial charge in [0.15, 0.2) is 0 Å². The normalized spacial score (nSPS) is 15.5. The molecule has 1 saturated carbocycles. The van der Waals surface area contributed by atoms with Crippen LogP contribution in [0.2, 0.25) is 5.02 Å². The number of benzene rings is 1. The average Bonchev–Trinajstić information content (AvgIpc) is 2.90. The van der Waals surface area contributed by atoms with Crippen LogP contribution in [0, 0.1) is 5.92 Å². The highest BCUT2D eigenvalue weighted by molar-refractivity contribution is 6.31. The number of hydrogen-bond acceptors (Lipinski definition) is 3. The Hall–Kier alpha value is -1.26. The number of halogens is 1. The highest BCUT2D eigenvalue weighted by Crippen LogP contribution is 2.26. The molecule has 0 bridgehead atoms. The summed E-state index contributed by atoms with van der Waals surface area (Å²) in [6.07, 6.45) is 4.99. The monoisotopic (exact) mass is 281 g/mol. The Labute approximate surface area is 118 Å². The second-order valence-corrected chi connectivity index (χ2v) is 5.61. The summed E-state index contributed by atoms with van der Waals surface area (Å²) < 4.78 is 0. The Balaban J connectivity index is 2.11. The first-order chi connectivity index (χ1) is 9.11. The maximum absolute atomic E-state index is 12.4. The third-order valence-corrected chi connectivity index (χ3v) is 3.96. The van der Waals surface area contributed by atoms with Gasteiger partial charge in [-0.3, -0.25) is 10.6 Å². The molecule has 1 aliphatic rings. The number of nitrogens with zero attached hydrogens (tertiary/aromatic N) is 1. The van der Waals surface area contributed by atoms with Crippen LogP contribution in [0.15, 0.2) is 18.2 Å². The number of carbonyl (C=O) groups is 1. The van der Waals surface area contributed by atoms with E-state index in [9.17, 15) is 4.79 Å². The van der Waals surface area contributed by atoms with Crippen LogP contribution in [0.5, 0.6) is 0 Å². The van der Waals surface area contributed by atoms with Crippen LogP contribution in [0.25, 0.3) is 0 Å². The van der Waals surface area contributed by atoms with Gasteiger partial charge in [-0.15, -0.1) is 0 Å². The van der Waals surface area contributed by atoms with Gasteiger partial charge in [-0.1, -0.05) is 24.4 Å². The third kappa shape index (κ3) is 3.39. The molecule has 104 valence electrons. The molecule has 4 nitrogen and oxygen atoms in total. The van der Waals surface area contributed by atoms with E-state index in [2.05, 4.69) is 5.43 Å². The number of hydrogen-bond donors (Lipinski definition) is 2. The van der Waals surface area contributed by atoms with Crippen LogP contribution >= 0.6 is 11.6 Å². The van der Waals surface area contributed by atoms with Gasteiger partial charge in [0.2, 0.25) is 0 Å². The summed E-state index contributed by atoms with van der Waals surface area (Å²) in [6, 6.07) is 5.09. The summed E-state index contributed by atoms with van der Waals surface area (Å²) >= 11 is 5.95. The van der Waals surface area contributed by atoms with E-state index in [-0.39, 0.29) is 5.91 Å². The fourth-order valence-electron chi connectivity index (χ4n) is 2.69. The SMILES string of the molecule is CN(CC1CCCC1)C(=O)c1cc(Cl)ccc1NN. The van der Waals surface area contributed by atoms with E-state index in [1.54, 1.807) is 23.1 Å². The van der Waals surface area contributed by atoms with Crippen molar-refractivity contribution in [1.82, 2.24) is 4.90 Å². The van der Waals surface area contributed by atoms with Crippen molar-refractivity contribution in [3.05, 3.63) is 28.8 Å². The number of nitrogen functional groups attached to an aromatic ring is 1. The lowest BCUT2D eigenvalue weighted by atomic mass is 10.1. The Morgan fingerprint density at radius 3 is 2.79 bits per heavy atom. The van der Waals surface area contributed by atoms with Crippen LogP contribution in [0.4, 0.5) is 5.69 Å². The molecule has 1 fully saturated rings. The van der Waals surface area contributed by atoms with E-state index in [4.69, 9.17) is 17.4 Å². The van der Waals surface area contributed by atoms with Crippen LogP contribution in [-0.4, -0.2) is 24.4 Å². The van der Waals surface area contributed by atoms with E-state index in [1.807, 2.05) is 7.05 Å². The molecular weight excluding hydrogens is 262 g/mol. The van der Waals surface area contributed by atoms with Gasteiger partial charge in [-0.05, 0) is 37.0 Å². The largest absolute Gasteiger partial charge is 0.341 e. The van der Waals surface area contributed by atoms with Crippen LogP contribution in [0.3, 0.4) is 0 Å². The third-order valence-electron chi connectivity index (χ3n) is 3.72. The highest BCUT2D eigenvalue weighted by atomic mass is 35.5. The summed E-state index contributed by atoms with van der Waals surface area (Å²) in [4.78, 5) is 14.2. The number of rotatable bonds is 4. The first-order valence-electron chi connectivity index (χ1n) is 6.63. The van der Waals surface area contributed by atoms with Gasteiger partial charge in [0, 0.05) is 18.6 Å². The summed E-state index contributed by atoms with van der Waals surface area (Å²) in [5.74, 6) is 6.03. The fourth-order valence-corrected chi connectivity index (χ4v) is 2.86. The van der Waals surface area contributed by atoms with Gasteiger partial charge in [-0.2, -0.15) is 0 Å². The topological polar surface area (TPSA) is 58.4 Å². The predicted molar refractivity (Wildman–Crippen MR) is 78.2 cm³/mol. The average molecular weight is 282 g/mol. The van der Waals surface area contributed by atoms with E-state index in [0.717, 1.165) is 6.54 Å². The van der Waals surface area contributed by atoms with Crippen LogP contribution in [0.1, 0.15) is 36.0 Å².